The van der Waals surface area contributed by atoms with Gasteiger partial charge < -0.3 is 20.5 Å². The van der Waals surface area contributed by atoms with E-state index in [-0.39, 0.29) is 48.6 Å². The van der Waals surface area contributed by atoms with Gasteiger partial charge in [-0.05, 0) is 66.3 Å². The minimum Gasteiger partial charge on any atom is -0.469 e. The number of esters is 1. The van der Waals surface area contributed by atoms with Crippen LogP contribution in [0, 0.1) is 11.6 Å². The molecule has 3 rings (SSSR count). The van der Waals surface area contributed by atoms with E-state index in [4.69, 9.17) is 0 Å². The van der Waals surface area contributed by atoms with Gasteiger partial charge in [-0.3, -0.25) is 9.59 Å². The minimum atomic E-state index is -1.01. The van der Waals surface area contributed by atoms with Gasteiger partial charge in [-0.2, -0.15) is 0 Å². The Morgan fingerprint density at radius 1 is 1.00 bits per heavy atom. The molecule has 2 unspecified atom stereocenters. The molecule has 6 nitrogen and oxygen atoms in total. The van der Waals surface area contributed by atoms with Crippen molar-refractivity contribution in [2.24, 2.45) is 0 Å². The molecule has 0 saturated heterocycles. The average Bonchev–Trinajstić information content (AvgIpc) is 2.93. The van der Waals surface area contributed by atoms with E-state index in [2.05, 4.69) is 60.4 Å². The van der Waals surface area contributed by atoms with Crippen molar-refractivity contribution in [1.29, 1.82) is 0 Å². The highest BCUT2D eigenvalue weighted by Crippen LogP contribution is 2.38. The molecule has 2 aromatic carbocycles. The Labute approximate surface area is 243 Å². The zero-order chi connectivity index (χ0) is 30.0. The summed E-state index contributed by atoms with van der Waals surface area (Å²) in [5.41, 5.74) is 2.47. The van der Waals surface area contributed by atoms with Crippen molar-refractivity contribution in [3.8, 4) is 0 Å². The molecule has 0 bridgehead atoms. The van der Waals surface area contributed by atoms with Gasteiger partial charge in [0, 0.05) is 31.0 Å². The van der Waals surface area contributed by atoms with Crippen LogP contribution in [0.25, 0.3) is 0 Å². The van der Waals surface area contributed by atoms with E-state index in [0.29, 0.717) is 18.4 Å². The number of methoxy groups -OCH3 is 1. The molecule has 226 valence electrons. The lowest BCUT2D eigenvalue weighted by Gasteiger charge is -2.41. The van der Waals surface area contributed by atoms with Crippen LogP contribution in [0.4, 0.5) is 8.78 Å². The predicted octanol–water partition coefficient (Wildman–Crippen LogP) is 5.83. The molecule has 3 N–H and O–H groups in total. The zero-order valence-electron chi connectivity index (χ0n) is 24.9. The SMILES string of the molecule is COC(=O)CCCCC(=O)NC(Cc1cc(F)cc(F)c1)C(O)CNC1(c2cccc(C(C)(C)C)c2)CCCCC1. The van der Waals surface area contributed by atoms with E-state index in [0.717, 1.165) is 38.2 Å². The monoisotopic (exact) mass is 572 g/mol. The molecule has 2 aromatic rings. The Kier molecular flexibility index (Phi) is 11.9. The number of hydrogen-bond donors (Lipinski definition) is 3. The molecule has 2 atom stereocenters. The van der Waals surface area contributed by atoms with E-state index in [1.807, 2.05) is 0 Å². The maximum absolute atomic E-state index is 13.9. The van der Waals surface area contributed by atoms with Gasteiger partial charge in [0.2, 0.25) is 5.91 Å². The third kappa shape index (κ3) is 9.89. The van der Waals surface area contributed by atoms with Crippen molar-refractivity contribution in [1.82, 2.24) is 10.6 Å². The first-order chi connectivity index (χ1) is 19.4. The van der Waals surface area contributed by atoms with Crippen LogP contribution < -0.4 is 10.6 Å². The highest BCUT2D eigenvalue weighted by molar-refractivity contribution is 5.76. The van der Waals surface area contributed by atoms with E-state index in [1.165, 1.54) is 30.4 Å². The molecule has 1 aliphatic carbocycles. The second kappa shape index (κ2) is 14.9. The lowest BCUT2D eigenvalue weighted by Crippen LogP contribution is -2.53. The lowest BCUT2D eigenvalue weighted by molar-refractivity contribution is -0.140. The Morgan fingerprint density at radius 2 is 1.66 bits per heavy atom. The zero-order valence-corrected chi connectivity index (χ0v) is 24.9. The third-order valence-electron chi connectivity index (χ3n) is 8.09. The number of unbranched alkanes of at least 4 members (excludes halogenated alkanes) is 1. The smallest absolute Gasteiger partial charge is 0.305 e. The number of rotatable bonds is 13. The molecular weight excluding hydrogens is 526 g/mol. The lowest BCUT2D eigenvalue weighted by atomic mass is 9.74. The summed E-state index contributed by atoms with van der Waals surface area (Å²) in [6, 6.07) is 11.1. The van der Waals surface area contributed by atoms with Crippen LogP contribution in [0.1, 0.15) is 95.2 Å². The van der Waals surface area contributed by atoms with Crippen LogP contribution in [-0.4, -0.2) is 42.8 Å². The second-order valence-electron chi connectivity index (χ2n) is 12.4. The Morgan fingerprint density at radius 3 is 2.29 bits per heavy atom. The molecule has 0 spiro atoms. The summed E-state index contributed by atoms with van der Waals surface area (Å²) < 4.78 is 32.5. The summed E-state index contributed by atoms with van der Waals surface area (Å²) in [6.45, 7) is 6.77. The van der Waals surface area contributed by atoms with Gasteiger partial charge in [0.15, 0.2) is 0 Å². The number of ether oxygens (including phenoxy) is 1. The standard InChI is InChI=1S/C33H46F2N2O4/c1-32(2,3)24-11-10-12-25(20-24)33(15-8-5-9-16-33)36-22-29(38)28(19-23-17-26(34)21-27(35)18-23)37-30(39)13-6-7-14-31(40)41-4/h10-12,17-18,20-21,28-29,36,38H,5-9,13-16,19,22H2,1-4H3,(H,37,39). The van der Waals surface area contributed by atoms with Crippen molar-refractivity contribution in [2.45, 2.75) is 108 Å². The Bertz CT molecular complexity index is 1140. The largest absolute Gasteiger partial charge is 0.469 e. The van der Waals surface area contributed by atoms with Crippen LogP contribution in [0.5, 0.6) is 0 Å². The number of aliphatic hydroxyl groups excluding tert-OH is 1. The first-order valence-electron chi connectivity index (χ1n) is 14.8. The molecule has 1 fully saturated rings. The van der Waals surface area contributed by atoms with Crippen LogP contribution in [-0.2, 0) is 31.7 Å². The maximum Gasteiger partial charge on any atom is 0.305 e. The fourth-order valence-electron chi connectivity index (χ4n) is 5.65. The Balaban J connectivity index is 1.76. The minimum absolute atomic E-state index is 0.00214. The summed E-state index contributed by atoms with van der Waals surface area (Å²) in [4.78, 5) is 24.2. The van der Waals surface area contributed by atoms with Crippen molar-refractivity contribution >= 4 is 11.9 Å². The average molecular weight is 573 g/mol. The fraction of sp³-hybridized carbons (Fsp3) is 0.576. The van der Waals surface area contributed by atoms with Crippen molar-refractivity contribution in [3.05, 3.63) is 70.8 Å². The molecule has 0 radical (unpaired) electrons. The summed E-state index contributed by atoms with van der Waals surface area (Å²) in [6.07, 6.45) is 5.57. The number of hydrogen-bond acceptors (Lipinski definition) is 5. The first kappa shape index (κ1) is 32.7. The van der Waals surface area contributed by atoms with Crippen LogP contribution in [0.2, 0.25) is 0 Å². The van der Waals surface area contributed by atoms with E-state index in [1.54, 1.807) is 0 Å². The molecule has 0 aliphatic heterocycles. The third-order valence-corrected chi connectivity index (χ3v) is 8.09. The van der Waals surface area contributed by atoms with E-state index < -0.39 is 23.8 Å². The fourth-order valence-corrected chi connectivity index (χ4v) is 5.65. The highest BCUT2D eigenvalue weighted by Gasteiger charge is 2.35. The number of carbonyl (C=O) groups excluding carboxylic acids is 2. The summed E-state index contributed by atoms with van der Waals surface area (Å²) in [5, 5.41) is 17.9. The van der Waals surface area contributed by atoms with Crippen molar-refractivity contribution < 1.29 is 28.2 Å². The number of aliphatic hydroxyl groups is 1. The van der Waals surface area contributed by atoms with Crippen molar-refractivity contribution in [3.63, 3.8) is 0 Å². The quantitative estimate of drug-likeness (QED) is 0.208. The maximum atomic E-state index is 13.9. The summed E-state index contributed by atoms with van der Waals surface area (Å²) in [7, 11) is 1.32. The van der Waals surface area contributed by atoms with Gasteiger partial charge in [0.1, 0.15) is 11.6 Å². The van der Waals surface area contributed by atoms with Gasteiger partial charge in [-0.25, -0.2) is 8.78 Å². The van der Waals surface area contributed by atoms with Crippen LogP contribution in [0.3, 0.4) is 0 Å². The molecular formula is C33H46F2N2O4. The molecule has 0 heterocycles. The van der Waals surface area contributed by atoms with Gasteiger partial charge in [0.25, 0.3) is 0 Å². The Hall–Kier alpha value is -2.84. The molecule has 1 saturated carbocycles. The summed E-state index contributed by atoms with van der Waals surface area (Å²) >= 11 is 0. The van der Waals surface area contributed by atoms with Gasteiger partial charge in [0.05, 0.1) is 19.3 Å². The van der Waals surface area contributed by atoms with E-state index in [9.17, 15) is 23.5 Å². The molecule has 41 heavy (non-hydrogen) atoms. The second-order valence-corrected chi connectivity index (χ2v) is 12.4. The predicted molar refractivity (Wildman–Crippen MR) is 156 cm³/mol. The van der Waals surface area contributed by atoms with Gasteiger partial charge >= 0.3 is 5.97 Å². The number of benzene rings is 2. The van der Waals surface area contributed by atoms with Gasteiger partial charge in [-0.1, -0.05) is 64.3 Å². The number of nitrogens with one attached hydrogen (secondary N) is 2. The van der Waals surface area contributed by atoms with Gasteiger partial charge in [-0.15, -0.1) is 0 Å². The van der Waals surface area contributed by atoms with Crippen molar-refractivity contribution in [2.75, 3.05) is 13.7 Å². The first-order valence-corrected chi connectivity index (χ1v) is 14.8. The summed E-state index contributed by atoms with van der Waals surface area (Å²) in [5.74, 6) is -2.04. The molecule has 1 aliphatic rings. The topological polar surface area (TPSA) is 87.7 Å². The van der Waals surface area contributed by atoms with Crippen LogP contribution >= 0.6 is 0 Å². The number of halogens is 2. The normalized spacial score (nSPS) is 16.6. The molecule has 8 heteroatoms. The van der Waals surface area contributed by atoms with Crippen LogP contribution in [0.15, 0.2) is 42.5 Å². The molecule has 1 amide bonds. The number of amides is 1. The highest BCUT2D eigenvalue weighted by atomic mass is 19.1. The molecule has 0 aromatic heterocycles. The number of carbonyl (C=O) groups is 2. The van der Waals surface area contributed by atoms with E-state index >= 15 is 0 Å².